The second kappa shape index (κ2) is 9.69. The Labute approximate surface area is 195 Å². The summed E-state index contributed by atoms with van der Waals surface area (Å²) >= 11 is 0. The van der Waals surface area contributed by atoms with E-state index in [-0.39, 0.29) is 17.9 Å². The van der Waals surface area contributed by atoms with E-state index >= 15 is 0 Å². The lowest BCUT2D eigenvalue weighted by Gasteiger charge is -2.33. The van der Waals surface area contributed by atoms with E-state index in [1.807, 2.05) is 57.2 Å². The van der Waals surface area contributed by atoms with Gasteiger partial charge in [-0.3, -0.25) is 9.59 Å². The van der Waals surface area contributed by atoms with Crippen molar-refractivity contribution in [2.45, 2.75) is 46.6 Å². The van der Waals surface area contributed by atoms with Crippen LogP contribution in [-0.4, -0.2) is 42.5 Å². The molecule has 4 rings (SSSR count). The quantitative estimate of drug-likeness (QED) is 0.565. The SMILES string of the molecule is CCOc1ccc(C2=C(N3CCCC(C)C3)C(=O)N(c3ccccc3OC(C)C)C2=O)cc1. The fraction of sp³-hybridized carbons (Fsp3) is 0.407. The normalized spacial score (nSPS) is 19.0. The van der Waals surface area contributed by atoms with Crippen LogP contribution < -0.4 is 14.4 Å². The average Bonchev–Trinajstić information content (AvgIpc) is 3.04. The molecule has 174 valence electrons. The number of carbonyl (C=O) groups is 2. The molecule has 1 fully saturated rings. The molecule has 2 aromatic carbocycles. The number of imide groups is 1. The lowest BCUT2D eigenvalue weighted by molar-refractivity contribution is -0.120. The van der Waals surface area contributed by atoms with E-state index < -0.39 is 0 Å². The Bertz CT molecular complexity index is 1060. The molecule has 1 saturated heterocycles. The van der Waals surface area contributed by atoms with Gasteiger partial charge in [0, 0.05) is 13.1 Å². The highest BCUT2D eigenvalue weighted by atomic mass is 16.5. The second-order valence-electron chi connectivity index (χ2n) is 8.95. The summed E-state index contributed by atoms with van der Waals surface area (Å²) in [5, 5.41) is 0. The summed E-state index contributed by atoms with van der Waals surface area (Å²) < 4.78 is 11.5. The molecular weight excluding hydrogens is 416 g/mol. The summed E-state index contributed by atoms with van der Waals surface area (Å²) in [5.41, 5.74) is 2.12. The van der Waals surface area contributed by atoms with E-state index in [1.165, 1.54) is 4.90 Å². The standard InChI is InChI=1S/C27H32N2O4/c1-5-32-21-14-12-20(13-15-21)24-25(28-16-8-9-19(4)17-28)27(31)29(26(24)30)22-10-6-7-11-23(22)33-18(2)3/h6-7,10-15,18-19H,5,8-9,16-17H2,1-4H3. The highest BCUT2D eigenvalue weighted by Crippen LogP contribution is 2.40. The van der Waals surface area contributed by atoms with Crippen LogP contribution >= 0.6 is 0 Å². The number of likely N-dealkylation sites (tertiary alicyclic amines) is 1. The summed E-state index contributed by atoms with van der Waals surface area (Å²) in [7, 11) is 0. The average molecular weight is 449 g/mol. The summed E-state index contributed by atoms with van der Waals surface area (Å²) in [6, 6.07) is 14.6. The van der Waals surface area contributed by atoms with Crippen LogP contribution in [0, 0.1) is 5.92 Å². The van der Waals surface area contributed by atoms with Gasteiger partial charge in [-0.05, 0) is 69.4 Å². The maximum absolute atomic E-state index is 13.8. The molecule has 0 aliphatic carbocycles. The van der Waals surface area contributed by atoms with Gasteiger partial charge in [0.2, 0.25) is 0 Å². The van der Waals surface area contributed by atoms with Crippen molar-refractivity contribution >= 4 is 23.1 Å². The Balaban J connectivity index is 1.80. The number of para-hydroxylation sites is 2. The van der Waals surface area contributed by atoms with Crippen LogP contribution in [0.5, 0.6) is 11.5 Å². The molecule has 0 aromatic heterocycles. The molecule has 0 saturated carbocycles. The fourth-order valence-corrected chi connectivity index (χ4v) is 4.56. The number of hydrogen-bond donors (Lipinski definition) is 0. The summed E-state index contributed by atoms with van der Waals surface area (Å²) in [4.78, 5) is 31.0. The predicted octanol–water partition coefficient (Wildman–Crippen LogP) is 4.89. The molecule has 6 heteroatoms. The van der Waals surface area contributed by atoms with Gasteiger partial charge in [-0.25, -0.2) is 4.90 Å². The number of rotatable bonds is 7. The van der Waals surface area contributed by atoms with Crippen LogP contribution in [0.4, 0.5) is 5.69 Å². The number of nitrogens with zero attached hydrogens (tertiary/aromatic N) is 2. The lowest BCUT2D eigenvalue weighted by atomic mass is 9.97. The molecule has 2 aliphatic rings. The van der Waals surface area contributed by atoms with Crippen LogP contribution in [0.15, 0.2) is 54.2 Å². The Morgan fingerprint density at radius 3 is 2.42 bits per heavy atom. The second-order valence-corrected chi connectivity index (χ2v) is 8.95. The molecule has 2 heterocycles. The molecular formula is C27H32N2O4. The molecule has 0 radical (unpaired) electrons. The van der Waals surface area contributed by atoms with Gasteiger partial charge in [0.25, 0.3) is 11.8 Å². The number of amides is 2. The van der Waals surface area contributed by atoms with Gasteiger partial charge in [0.05, 0.1) is 24.0 Å². The van der Waals surface area contributed by atoms with Crippen LogP contribution in [-0.2, 0) is 9.59 Å². The molecule has 1 atom stereocenters. The van der Waals surface area contributed by atoms with E-state index in [9.17, 15) is 9.59 Å². The van der Waals surface area contributed by atoms with Gasteiger partial charge >= 0.3 is 0 Å². The first kappa shape index (κ1) is 22.9. The number of benzene rings is 2. The Kier molecular flexibility index (Phi) is 6.72. The van der Waals surface area contributed by atoms with Crippen molar-refractivity contribution in [3.8, 4) is 11.5 Å². The highest BCUT2D eigenvalue weighted by Gasteiger charge is 2.44. The van der Waals surface area contributed by atoms with E-state index in [0.717, 1.165) is 37.2 Å². The molecule has 0 N–H and O–H groups in total. The van der Waals surface area contributed by atoms with Crippen molar-refractivity contribution < 1.29 is 19.1 Å². The summed E-state index contributed by atoms with van der Waals surface area (Å²) in [5.74, 6) is 1.10. The molecule has 6 nitrogen and oxygen atoms in total. The lowest BCUT2D eigenvalue weighted by Crippen LogP contribution is -2.39. The number of piperidine rings is 1. The van der Waals surface area contributed by atoms with Crippen LogP contribution in [0.1, 0.15) is 46.1 Å². The van der Waals surface area contributed by atoms with Crippen molar-refractivity contribution in [2.75, 3.05) is 24.6 Å². The number of ether oxygens (including phenoxy) is 2. The van der Waals surface area contributed by atoms with E-state index in [4.69, 9.17) is 9.47 Å². The summed E-state index contributed by atoms with van der Waals surface area (Å²) in [6.07, 6.45) is 2.04. The van der Waals surface area contributed by atoms with Crippen LogP contribution in [0.3, 0.4) is 0 Å². The zero-order chi connectivity index (χ0) is 23.5. The first-order valence-electron chi connectivity index (χ1n) is 11.8. The monoisotopic (exact) mass is 448 g/mol. The molecule has 0 bridgehead atoms. The third kappa shape index (κ3) is 4.61. The van der Waals surface area contributed by atoms with Gasteiger partial charge in [0.15, 0.2) is 0 Å². The fourth-order valence-electron chi connectivity index (χ4n) is 4.56. The maximum Gasteiger partial charge on any atom is 0.282 e. The minimum absolute atomic E-state index is 0.0834. The van der Waals surface area contributed by atoms with Gasteiger partial charge in [-0.2, -0.15) is 0 Å². The molecule has 1 unspecified atom stereocenters. The van der Waals surface area contributed by atoms with Crippen molar-refractivity contribution in [3.05, 3.63) is 59.8 Å². The predicted molar refractivity (Wildman–Crippen MR) is 129 cm³/mol. The van der Waals surface area contributed by atoms with Crippen LogP contribution in [0.2, 0.25) is 0 Å². The third-order valence-corrected chi connectivity index (χ3v) is 5.96. The molecule has 2 aromatic rings. The minimum atomic E-state index is -0.322. The first-order valence-corrected chi connectivity index (χ1v) is 11.8. The Morgan fingerprint density at radius 2 is 1.76 bits per heavy atom. The first-order chi connectivity index (χ1) is 15.9. The van der Waals surface area contributed by atoms with Gasteiger partial charge in [-0.1, -0.05) is 31.2 Å². The summed E-state index contributed by atoms with van der Waals surface area (Å²) in [6.45, 7) is 10.1. The third-order valence-electron chi connectivity index (χ3n) is 5.96. The number of carbonyl (C=O) groups excluding carboxylic acids is 2. The number of hydrogen-bond acceptors (Lipinski definition) is 5. The van der Waals surface area contributed by atoms with Gasteiger partial charge in [-0.15, -0.1) is 0 Å². The van der Waals surface area contributed by atoms with E-state index in [0.29, 0.717) is 35.2 Å². The number of anilines is 1. The zero-order valence-electron chi connectivity index (χ0n) is 19.8. The van der Waals surface area contributed by atoms with Gasteiger partial charge in [0.1, 0.15) is 17.2 Å². The van der Waals surface area contributed by atoms with Crippen molar-refractivity contribution in [2.24, 2.45) is 5.92 Å². The van der Waals surface area contributed by atoms with Crippen molar-refractivity contribution in [3.63, 3.8) is 0 Å². The molecule has 2 amide bonds. The Hall–Kier alpha value is -3.28. The van der Waals surface area contributed by atoms with E-state index in [1.54, 1.807) is 12.1 Å². The largest absolute Gasteiger partial charge is 0.494 e. The zero-order valence-corrected chi connectivity index (χ0v) is 19.8. The topological polar surface area (TPSA) is 59.1 Å². The minimum Gasteiger partial charge on any atom is -0.494 e. The van der Waals surface area contributed by atoms with Crippen molar-refractivity contribution in [1.82, 2.24) is 4.90 Å². The van der Waals surface area contributed by atoms with Crippen molar-refractivity contribution in [1.29, 1.82) is 0 Å². The smallest absolute Gasteiger partial charge is 0.282 e. The molecule has 2 aliphatic heterocycles. The highest BCUT2D eigenvalue weighted by molar-refractivity contribution is 6.45. The molecule has 33 heavy (non-hydrogen) atoms. The Morgan fingerprint density at radius 1 is 1.03 bits per heavy atom. The van der Waals surface area contributed by atoms with Gasteiger partial charge < -0.3 is 14.4 Å². The molecule has 0 spiro atoms. The maximum atomic E-state index is 13.8. The van der Waals surface area contributed by atoms with E-state index in [2.05, 4.69) is 11.8 Å². The van der Waals surface area contributed by atoms with Crippen LogP contribution in [0.25, 0.3) is 5.57 Å².